The third-order valence-electron chi connectivity index (χ3n) is 5.01. The summed E-state index contributed by atoms with van der Waals surface area (Å²) in [5.74, 6) is 6.18. The Morgan fingerprint density at radius 2 is 1.52 bits per heavy atom. The zero-order valence-corrected chi connectivity index (χ0v) is 18.8. The van der Waals surface area contributed by atoms with Crippen molar-refractivity contribution in [2.75, 3.05) is 6.61 Å². The van der Waals surface area contributed by atoms with Gasteiger partial charge in [-0.3, -0.25) is 0 Å². The predicted molar refractivity (Wildman–Crippen MR) is 123 cm³/mol. The number of carbonyl (C=O) groups excluding carboxylic acids is 2. The Labute approximate surface area is 186 Å². The Balaban J connectivity index is 1.86. The van der Waals surface area contributed by atoms with Crippen LogP contribution < -0.4 is 4.74 Å². The molecule has 1 unspecified atom stereocenters. The first-order valence-electron chi connectivity index (χ1n) is 11.1. The second-order valence-corrected chi connectivity index (χ2v) is 7.72. The minimum absolute atomic E-state index is 0.326. The molecule has 0 aliphatic rings. The number of hydrogen-bond acceptors (Lipinski definition) is 4. The van der Waals surface area contributed by atoms with Gasteiger partial charge in [-0.1, -0.05) is 58.3 Å². The van der Waals surface area contributed by atoms with E-state index >= 15 is 0 Å². The van der Waals surface area contributed by atoms with E-state index in [4.69, 9.17) is 9.47 Å². The van der Waals surface area contributed by atoms with Crippen LogP contribution in [0.5, 0.6) is 5.75 Å². The highest BCUT2D eigenvalue weighted by molar-refractivity contribution is 5.92. The fourth-order valence-electron chi connectivity index (χ4n) is 2.74. The van der Waals surface area contributed by atoms with Crippen LogP contribution in [0.25, 0.3) is 0 Å². The van der Waals surface area contributed by atoms with Crippen molar-refractivity contribution in [2.24, 2.45) is 5.92 Å². The molecule has 0 bridgehead atoms. The van der Waals surface area contributed by atoms with E-state index in [0.717, 1.165) is 24.8 Å². The molecule has 0 saturated heterocycles. The summed E-state index contributed by atoms with van der Waals surface area (Å²) in [6.45, 7) is 6.67. The maximum absolute atomic E-state index is 12.4. The molecule has 2 aromatic rings. The highest BCUT2D eigenvalue weighted by Crippen LogP contribution is 2.16. The van der Waals surface area contributed by atoms with Crippen molar-refractivity contribution in [2.45, 2.75) is 59.3 Å². The first-order chi connectivity index (χ1) is 15.0. The lowest BCUT2D eigenvalue weighted by atomic mass is 10.1. The number of ether oxygens (including phenoxy) is 2. The lowest BCUT2D eigenvalue weighted by Gasteiger charge is -2.10. The third kappa shape index (κ3) is 8.68. The number of unbranched alkanes of at least 4 members (excludes halogenated alkanes) is 4. The Hall–Kier alpha value is -3.06. The monoisotopic (exact) mass is 420 g/mol. The predicted octanol–water partition coefficient (Wildman–Crippen LogP) is 6.43. The Morgan fingerprint density at radius 1 is 0.871 bits per heavy atom. The van der Waals surface area contributed by atoms with Crippen LogP contribution >= 0.6 is 0 Å². The quantitative estimate of drug-likeness (QED) is 0.192. The second-order valence-electron chi connectivity index (χ2n) is 7.72. The van der Waals surface area contributed by atoms with E-state index in [9.17, 15) is 9.59 Å². The molecule has 0 aromatic heterocycles. The fourth-order valence-corrected chi connectivity index (χ4v) is 2.74. The van der Waals surface area contributed by atoms with Crippen LogP contribution in [-0.4, -0.2) is 18.5 Å². The molecule has 0 spiro atoms. The highest BCUT2D eigenvalue weighted by Gasteiger charge is 2.12. The standard InChI is InChI=1S/C27H32O4/c1-4-6-7-8-9-10-11-22-12-14-24(15-13-22)27(29)31-25-18-16-23(17-19-25)26(28)30-20-21(3)5-2/h12-19,21H,4-9,20H2,1-3H3. The molecule has 1 atom stereocenters. The van der Waals surface area contributed by atoms with Crippen molar-refractivity contribution >= 4 is 11.9 Å². The summed E-state index contributed by atoms with van der Waals surface area (Å²) in [6.07, 6.45) is 6.67. The largest absolute Gasteiger partial charge is 0.462 e. The lowest BCUT2D eigenvalue weighted by Crippen LogP contribution is -2.12. The van der Waals surface area contributed by atoms with Crippen LogP contribution in [0.3, 0.4) is 0 Å². The van der Waals surface area contributed by atoms with Crippen LogP contribution in [-0.2, 0) is 4.74 Å². The van der Waals surface area contributed by atoms with E-state index < -0.39 is 5.97 Å². The first-order valence-corrected chi connectivity index (χ1v) is 11.1. The Kier molecular flexibility index (Phi) is 10.4. The maximum atomic E-state index is 12.4. The summed E-state index contributed by atoms with van der Waals surface area (Å²) in [5, 5.41) is 0. The number of hydrogen-bond donors (Lipinski definition) is 0. The topological polar surface area (TPSA) is 52.6 Å². The molecule has 4 heteroatoms. The van der Waals surface area contributed by atoms with Crippen molar-refractivity contribution in [1.82, 2.24) is 0 Å². The van der Waals surface area contributed by atoms with Gasteiger partial charge >= 0.3 is 11.9 Å². The second kappa shape index (κ2) is 13.3. The van der Waals surface area contributed by atoms with E-state index in [-0.39, 0.29) is 5.97 Å². The van der Waals surface area contributed by atoms with Gasteiger partial charge in [-0.05, 0) is 60.9 Å². The fraction of sp³-hybridized carbons (Fsp3) is 0.407. The lowest BCUT2D eigenvalue weighted by molar-refractivity contribution is 0.0447. The van der Waals surface area contributed by atoms with Crippen molar-refractivity contribution in [3.8, 4) is 17.6 Å². The van der Waals surface area contributed by atoms with Crippen molar-refractivity contribution in [3.05, 3.63) is 65.2 Å². The molecule has 0 aliphatic heterocycles. The minimum Gasteiger partial charge on any atom is -0.462 e. The van der Waals surface area contributed by atoms with Crippen molar-refractivity contribution < 1.29 is 19.1 Å². The van der Waals surface area contributed by atoms with Gasteiger partial charge in [0.1, 0.15) is 5.75 Å². The first kappa shape index (κ1) is 24.2. The smallest absolute Gasteiger partial charge is 0.343 e. The molecule has 0 amide bonds. The molecule has 0 saturated carbocycles. The van der Waals surface area contributed by atoms with Crippen LogP contribution in [0.15, 0.2) is 48.5 Å². The minimum atomic E-state index is -0.453. The van der Waals surface area contributed by atoms with Crippen molar-refractivity contribution in [1.29, 1.82) is 0 Å². The van der Waals surface area contributed by atoms with Crippen LogP contribution in [0.1, 0.15) is 85.6 Å². The molecule has 0 fully saturated rings. The number of benzene rings is 2. The molecule has 0 radical (unpaired) electrons. The van der Waals surface area contributed by atoms with Crippen LogP contribution in [0.2, 0.25) is 0 Å². The molecular weight excluding hydrogens is 388 g/mol. The molecule has 0 N–H and O–H groups in total. The normalized spacial score (nSPS) is 11.2. The van der Waals surface area contributed by atoms with Gasteiger partial charge in [0, 0.05) is 12.0 Å². The molecule has 4 nitrogen and oxygen atoms in total. The summed E-state index contributed by atoms with van der Waals surface area (Å²) < 4.78 is 10.7. The SMILES string of the molecule is CCCCCCC#Cc1ccc(C(=O)Oc2ccc(C(=O)OCC(C)CC)cc2)cc1. The number of esters is 2. The summed E-state index contributed by atoms with van der Waals surface area (Å²) >= 11 is 0. The zero-order chi connectivity index (χ0) is 22.5. The average molecular weight is 421 g/mol. The third-order valence-corrected chi connectivity index (χ3v) is 5.01. The Bertz CT molecular complexity index is 886. The molecule has 0 aliphatic carbocycles. The van der Waals surface area contributed by atoms with E-state index in [1.807, 2.05) is 19.1 Å². The summed E-state index contributed by atoms with van der Waals surface area (Å²) in [5.41, 5.74) is 1.76. The zero-order valence-electron chi connectivity index (χ0n) is 18.8. The molecular formula is C27H32O4. The van der Waals surface area contributed by atoms with Gasteiger partial charge < -0.3 is 9.47 Å². The van der Waals surface area contributed by atoms with Crippen LogP contribution in [0, 0.1) is 17.8 Å². The highest BCUT2D eigenvalue weighted by atomic mass is 16.5. The van der Waals surface area contributed by atoms with E-state index in [0.29, 0.717) is 29.4 Å². The molecule has 31 heavy (non-hydrogen) atoms. The van der Waals surface area contributed by atoms with Gasteiger partial charge in [0.15, 0.2) is 0 Å². The van der Waals surface area contributed by atoms with E-state index in [2.05, 4.69) is 25.7 Å². The van der Waals surface area contributed by atoms with Gasteiger partial charge in [-0.25, -0.2) is 9.59 Å². The number of carbonyl (C=O) groups is 2. The summed E-state index contributed by atoms with van der Waals surface area (Å²) in [4.78, 5) is 24.4. The molecule has 0 heterocycles. The Morgan fingerprint density at radius 3 is 2.16 bits per heavy atom. The molecule has 164 valence electrons. The average Bonchev–Trinajstić information content (AvgIpc) is 2.80. The van der Waals surface area contributed by atoms with Gasteiger partial charge in [-0.2, -0.15) is 0 Å². The van der Waals surface area contributed by atoms with Gasteiger partial charge in [-0.15, -0.1) is 0 Å². The summed E-state index contributed by atoms with van der Waals surface area (Å²) in [7, 11) is 0. The van der Waals surface area contributed by atoms with Gasteiger partial charge in [0.25, 0.3) is 0 Å². The molecule has 2 aromatic carbocycles. The van der Waals surface area contributed by atoms with E-state index in [1.165, 1.54) is 19.3 Å². The van der Waals surface area contributed by atoms with E-state index in [1.54, 1.807) is 36.4 Å². The van der Waals surface area contributed by atoms with Gasteiger partial charge in [0.2, 0.25) is 0 Å². The molecule has 2 rings (SSSR count). The van der Waals surface area contributed by atoms with Crippen LogP contribution in [0.4, 0.5) is 0 Å². The number of rotatable bonds is 10. The summed E-state index contributed by atoms with van der Waals surface area (Å²) in [6, 6.07) is 13.5. The van der Waals surface area contributed by atoms with Crippen molar-refractivity contribution in [3.63, 3.8) is 0 Å². The maximum Gasteiger partial charge on any atom is 0.343 e. The van der Waals surface area contributed by atoms with Gasteiger partial charge in [0.05, 0.1) is 17.7 Å².